The molecule has 0 atom stereocenters. The summed E-state index contributed by atoms with van der Waals surface area (Å²) in [6.07, 6.45) is 1.70. The fraction of sp³-hybridized carbons (Fsp3) is 0.300. The van der Waals surface area contributed by atoms with Crippen molar-refractivity contribution in [3.05, 3.63) is 30.1 Å². The largest absolute Gasteiger partial charge is 0.461 e. The van der Waals surface area contributed by atoms with Gasteiger partial charge in [-0.3, -0.25) is 0 Å². The zero-order valence-corrected chi connectivity index (χ0v) is 7.91. The summed E-state index contributed by atoms with van der Waals surface area (Å²) in [7, 11) is 1.81. The van der Waals surface area contributed by atoms with Gasteiger partial charge in [-0.15, -0.1) is 0 Å². The first kappa shape index (κ1) is 9.58. The van der Waals surface area contributed by atoms with Crippen LogP contribution in [0.3, 0.4) is 0 Å². The molecule has 0 aliphatic rings. The normalized spacial score (nSPS) is 9.69. The van der Waals surface area contributed by atoms with Crippen LogP contribution < -0.4 is 0 Å². The molecule has 0 aliphatic carbocycles. The smallest absolute Gasteiger partial charge is 0.354 e. The number of esters is 1. The van der Waals surface area contributed by atoms with Crippen molar-refractivity contribution in [1.29, 1.82) is 0 Å². The molecule has 1 aromatic rings. The highest BCUT2D eigenvalue weighted by Gasteiger charge is 2.11. The van der Waals surface area contributed by atoms with E-state index in [-0.39, 0.29) is 5.97 Å². The van der Waals surface area contributed by atoms with Crippen LogP contribution >= 0.6 is 0 Å². The SMILES string of the molecule is C=Cc1ccc(C(=O)OCC)n1C. The maximum absolute atomic E-state index is 11.3. The van der Waals surface area contributed by atoms with Crippen molar-refractivity contribution in [2.75, 3.05) is 6.61 Å². The topological polar surface area (TPSA) is 31.2 Å². The number of hydrogen-bond donors (Lipinski definition) is 0. The minimum absolute atomic E-state index is 0.293. The Kier molecular flexibility index (Phi) is 2.90. The standard InChI is InChI=1S/C10H13NO2/c1-4-8-6-7-9(11(8)3)10(12)13-5-2/h4,6-7H,1,5H2,2-3H3. The number of aromatic nitrogens is 1. The zero-order chi connectivity index (χ0) is 9.84. The molecule has 1 aromatic heterocycles. The van der Waals surface area contributed by atoms with Crippen LogP contribution in [0.5, 0.6) is 0 Å². The van der Waals surface area contributed by atoms with Gasteiger partial charge in [-0.25, -0.2) is 4.79 Å². The molecule has 0 spiro atoms. The highest BCUT2D eigenvalue weighted by molar-refractivity contribution is 5.88. The third kappa shape index (κ3) is 1.80. The van der Waals surface area contributed by atoms with Crippen LogP contribution in [-0.4, -0.2) is 17.1 Å². The number of carbonyl (C=O) groups excluding carboxylic acids is 1. The number of ether oxygens (including phenoxy) is 1. The Morgan fingerprint density at radius 2 is 2.38 bits per heavy atom. The average molecular weight is 179 g/mol. The van der Waals surface area contributed by atoms with Gasteiger partial charge >= 0.3 is 5.97 Å². The van der Waals surface area contributed by atoms with Crippen LogP contribution in [0.2, 0.25) is 0 Å². The summed E-state index contributed by atoms with van der Waals surface area (Å²) >= 11 is 0. The second-order valence-electron chi connectivity index (χ2n) is 2.63. The molecule has 1 heterocycles. The van der Waals surface area contributed by atoms with Gasteiger partial charge in [0.15, 0.2) is 0 Å². The van der Waals surface area contributed by atoms with E-state index < -0.39 is 0 Å². The lowest BCUT2D eigenvalue weighted by Crippen LogP contribution is -2.10. The van der Waals surface area contributed by atoms with Crippen molar-refractivity contribution in [2.24, 2.45) is 7.05 Å². The zero-order valence-electron chi connectivity index (χ0n) is 7.91. The molecule has 0 bridgehead atoms. The molecule has 0 aromatic carbocycles. The molecular weight excluding hydrogens is 166 g/mol. The highest BCUT2D eigenvalue weighted by Crippen LogP contribution is 2.09. The Morgan fingerprint density at radius 3 is 2.85 bits per heavy atom. The quantitative estimate of drug-likeness (QED) is 0.663. The van der Waals surface area contributed by atoms with Gasteiger partial charge in [0.1, 0.15) is 5.69 Å². The Morgan fingerprint density at radius 1 is 1.69 bits per heavy atom. The summed E-state index contributed by atoms with van der Waals surface area (Å²) in [4.78, 5) is 11.3. The van der Waals surface area contributed by atoms with Crippen molar-refractivity contribution in [1.82, 2.24) is 4.57 Å². The number of nitrogens with zero attached hydrogens (tertiary/aromatic N) is 1. The van der Waals surface area contributed by atoms with E-state index >= 15 is 0 Å². The van der Waals surface area contributed by atoms with E-state index in [0.29, 0.717) is 12.3 Å². The Hall–Kier alpha value is -1.51. The fourth-order valence-electron chi connectivity index (χ4n) is 1.14. The molecule has 0 fully saturated rings. The van der Waals surface area contributed by atoms with E-state index in [1.165, 1.54) is 0 Å². The lowest BCUT2D eigenvalue weighted by Gasteiger charge is -2.03. The van der Waals surface area contributed by atoms with Crippen LogP contribution in [0.25, 0.3) is 6.08 Å². The van der Waals surface area contributed by atoms with Crippen molar-refractivity contribution in [2.45, 2.75) is 6.92 Å². The summed E-state index contributed by atoms with van der Waals surface area (Å²) < 4.78 is 6.63. The lowest BCUT2D eigenvalue weighted by molar-refractivity contribution is 0.0515. The van der Waals surface area contributed by atoms with Crippen LogP contribution in [0.15, 0.2) is 18.7 Å². The summed E-state index contributed by atoms with van der Waals surface area (Å²) in [6.45, 7) is 5.82. The lowest BCUT2D eigenvalue weighted by atomic mass is 10.4. The molecule has 3 nitrogen and oxygen atoms in total. The molecule has 0 unspecified atom stereocenters. The molecule has 70 valence electrons. The van der Waals surface area contributed by atoms with Gasteiger partial charge in [0.05, 0.1) is 6.61 Å². The molecule has 0 radical (unpaired) electrons. The first-order chi connectivity index (χ1) is 6.20. The number of rotatable bonds is 3. The molecule has 1 rings (SSSR count). The first-order valence-electron chi connectivity index (χ1n) is 4.16. The van der Waals surface area contributed by atoms with Crippen molar-refractivity contribution in [3.63, 3.8) is 0 Å². The van der Waals surface area contributed by atoms with E-state index in [2.05, 4.69) is 6.58 Å². The van der Waals surface area contributed by atoms with Gasteiger partial charge in [-0.1, -0.05) is 6.58 Å². The molecule has 0 aliphatic heterocycles. The Labute approximate surface area is 77.6 Å². The Bertz CT molecular complexity index is 326. The van der Waals surface area contributed by atoms with Gasteiger partial charge in [0.25, 0.3) is 0 Å². The molecule has 3 heteroatoms. The van der Waals surface area contributed by atoms with E-state index in [1.54, 1.807) is 23.6 Å². The second kappa shape index (κ2) is 3.94. The molecule has 0 amide bonds. The first-order valence-corrected chi connectivity index (χ1v) is 4.16. The van der Waals surface area contributed by atoms with Gasteiger partial charge in [-0.2, -0.15) is 0 Å². The summed E-state index contributed by atoms with van der Waals surface area (Å²) in [5, 5.41) is 0. The molecule has 0 saturated heterocycles. The third-order valence-corrected chi connectivity index (χ3v) is 1.85. The second-order valence-corrected chi connectivity index (χ2v) is 2.63. The maximum atomic E-state index is 11.3. The number of carbonyl (C=O) groups is 1. The van der Waals surface area contributed by atoms with E-state index in [1.807, 2.05) is 13.1 Å². The highest BCUT2D eigenvalue weighted by atomic mass is 16.5. The molecule has 13 heavy (non-hydrogen) atoms. The van der Waals surface area contributed by atoms with Crippen LogP contribution in [-0.2, 0) is 11.8 Å². The average Bonchev–Trinajstić information content (AvgIpc) is 2.47. The van der Waals surface area contributed by atoms with Crippen molar-refractivity contribution >= 4 is 12.0 Å². The van der Waals surface area contributed by atoms with Gasteiger partial charge in [-0.05, 0) is 25.1 Å². The van der Waals surface area contributed by atoms with Crippen LogP contribution in [0.4, 0.5) is 0 Å². The molecule has 0 saturated carbocycles. The third-order valence-electron chi connectivity index (χ3n) is 1.85. The predicted octanol–water partition coefficient (Wildman–Crippen LogP) is 1.84. The Balaban J connectivity index is 2.95. The summed E-state index contributed by atoms with van der Waals surface area (Å²) in [5.41, 5.74) is 1.46. The van der Waals surface area contributed by atoms with E-state index in [0.717, 1.165) is 5.69 Å². The van der Waals surface area contributed by atoms with Crippen molar-refractivity contribution in [3.8, 4) is 0 Å². The molecular formula is C10H13NO2. The van der Waals surface area contributed by atoms with Gasteiger partial charge < -0.3 is 9.30 Å². The monoisotopic (exact) mass is 179 g/mol. The minimum atomic E-state index is -0.293. The minimum Gasteiger partial charge on any atom is -0.461 e. The van der Waals surface area contributed by atoms with E-state index in [4.69, 9.17) is 4.74 Å². The van der Waals surface area contributed by atoms with E-state index in [9.17, 15) is 4.79 Å². The van der Waals surface area contributed by atoms with Gasteiger partial charge in [0.2, 0.25) is 0 Å². The van der Waals surface area contributed by atoms with Gasteiger partial charge in [0, 0.05) is 12.7 Å². The predicted molar refractivity (Wildman–Crippen MR) is 51.5 cm³/mol. The van der Waals surface area contributed by atoms with Crippen molar-refractivity contribution < 1.29 is 9.53 Å². The van der Waals surface area contributed by atoms with Crippen LogP contribution in [0, 0.1) is 0 Å². The summed E-state index contributed by atoms with van der Waals surface area (Å²) in [5.74, 6) is -0.293. The van der Waals surface area contributed by atoms with Crippen LogP contribution in [0.1, 0.15) is 23.1 Å². The maximum Gasteiger partial charge on any atom is 0.354 e. The number of hydrogen-bond acceptors (Lipinski definition) is 2. The summed E-state index contributed by atoms with van der Waals surface area (Å²) in [6, 6.07) is 3.56. The fourth-order valence-corrected chi connectivity index (χ4v) is 1.14. The molecule has 0 N–H and O–H groups in total.